The summed E-state index contributed by atoms with van der Waals surface area (Å²) in [6.07, 6.45) is 0.358. The van der Waals surface area contributed by atoms with E-state index in [1.807, 2.05) is 0 Å². The molecule has 1 fully saturated rings. The van der Waals surface area contributed by atoms with E-state index in [1.165, 1.54) is 19.4 Å². The van der Waals surface area contributed by atoms with Gasteiger partial charge < -0.3 is 20.5 Å². The molecule has 1 aliphatic rings. The average Bonchev–Trinajstić information content (AvgIpc) is 2.82. The van der Waals surface area contributed by atoms with Gasteiger partial charge in [-0.2, -0.15) is 13.2 Å². The molecule has 0 radical (unpaired) electrons. The number of methoxy groups -OCH3 is 1. The van der Waals surface area contributed by atoms with E-state index in [2.05, 4.69) is 20.6 Å². The van der Waals surface area contributed by atoms with Crippen molar-refractivity contribution >= 4 is 29.3 Å². The normalized spacial score (nSPS) is 19.0. The zero-order valence-electron chi connectivity index (χ0n) is 19.2. The van der Waals surface area contributed by atoms with Gasteiger partial charge >= 0.3 is 12.1 Å². The Morgan fingerprint density at radius 3 is 2.46 bits per heavy atom. The fourth-order valence-corrected chi connectivity index (χ4v) is 4.25. The molecule has 1 atom stereocenters. The minimum absolute atomic E-state index is 0.121. The largest absolute Gasteiger partial charge is 0.495 e. The quantitative estimate of drug-likeness (QED) is 0.456. The predicted octanol–water partition coefficient (Wildman–Crippen LogP) is 4.95. The lowest BCUT2D eigenvalue weighted by molar-refractivity contribution is -0.143. The molecule has 190 valence electrons. The molecule has 0 bridgehead atoms. The van der Waals surface area contributed by atoms with Crippen LogP contribution in [-0.4, -0.2) is 40.6 Å². The van der Waals surface area contributed by atoms with Crippen LogP contribution in [0.25, 0.3) is 0 Å². The first kappa shape index (κ1) is 26.5. The Labute approximate surface area is 205 Å². The van der Waals surface area contributed by atoms with E-state index < -0.39 is 23.9 Å². The maximum Gasteiger partial charge on any atom is 0.433 e. The fourth-order valence-electron chi connectivity index (χ4n) is 4.03. The first-order valence-corrected chi connectivity index (χ1v) is 11.4. The van der Waals surface area contributed by atoms with Crippen LogP contribution >= 0.6 is 11.6 Å². The SMILES string of the molecule is COc1cnc(C(F)(F)F)cc1[C@H](C)Nc1ncc(C(=O)NCC2CCC(C(=O)O)CC2)cc1Cl. The second-order valence-electron chi connectivity index (χ2n) is 8.50. The molecule has 0 spiro atoms. The highest BCUT2D eigenvalue weighted by molar-refractivity contribution is 6.33. The van der Waals surface area contributed by atoms with E-state index >= 15 is 0 Å². The number of aliphatic carboxylic acids is 1. The highest BCUT2D eigenvalue weighted by Gasteiger charge is 2.34. The highest BCUT2D eigenvalue weighted by atomic mass is 35.5. The number of hydrogen-bond acceptors (Lipinski definition) is 6. The molecule has 12 heteroatoms. The van der Waals surface area contributed by atoms with Crippen molar-refractivity contribution in [2.45, 2.75) is 44.8 Å². The van der Waals surface area contributed by atoms with Crippen LogP contribution in [0.2, 0.25) is 5.02 Å². The molecule has 35 heavy (non-hydrogen) atoms. The summed E-state index contributed by atoms with van der Waals surface area (Å²) in [5, 5.41) is 15.0. The van der Waals surface area contributed by atoms with E-state index in [0.29, 0.717) is 19.4 Å². The second kappa shape index (κ2) is 11.1. The number of rotatable bonds is 8. The van der Waals surface area contributed by atoms with Crippen molar-refractivity contribution in [1.29, 1.82) is 0 Å². The number of carboxylic acid groups (broad SMARTS) is 1. The van der Waals surface area contributed by atoms with Crippen molar-refractivity contribution < 1.29 is 32.6 Å². The first-order valence-electron chi connectivity index (χ1n) is 11.0. The molecule has 1 aliphatic carbocycles. The highest BCUT2D eigenvalue weighted by Crippen LogP contribution is 2.35. The maximum atomic E-state index is 13.1. The topological polar surface area (TPSA) is 113 Å². The summed E-state index contributed by atoms with van der Waals surface area (Å²) in [5.74, 6) is -0.904. The van der Waals surface area contributed by atoms with Crippen LogP contribution in [0.4, 0.5) is 19.0 Å². The summed E-state index contributed by atoms with van der Waals surface area (Å²) in [4.78, 5) is 31.1. The van der Waals surface area contributed by atoms with E-state index in [0.717, 1.165) is 25.1 Å². The first-order chi connectivity index (χ1) is 16.5. The van der Waals surface area contributed by atoms with Crippen LogP contribution < -0.4 is 15.4 Å². The van der Waals surface area contributed by atoms with Gasteiger partial charge in [-0.3, -0.25) is 9.59 Å². The molecule has 2 aromatic rings. The third-order valence-electron chi connectivity index (χ3n) is 6.08. The summed E-state index contributed by atoms with van der Waals surface area (Å²) < 4.78 is 44.4. The Morgan fingerprint density at radius 2 is 1.89 bits per heavy atom. The number of carbonyl (C=O) groups is 2. The fraction of sp³-hybridized carbons (Fsp3) is 0.478. The van der Waals surface area contributed by atoms with Gasteiger partial charge in [-0.05, 0) is 50.7 Å². The number of ether oxygens (including phenoxy) is 1. The van der Waals surface area contributed by atoms with Crippen molar-refractivity contribution in [3.63, 3.8) is 0 Å². The van der Waals surface area contributed by atoms with E-state index in [4.69, 9.17) is 21.4 Å². The van der Waals surface area contributed by atoms with Gasteiger partial charge in [0.1, 0.15) is 17.3 Å². The summed E-state index contributed by atoms with van der Waals surface area (Å²) in [6, 6.07) is 1.65. The number of hydrogen-bond donors (Lipinski definition) is 3. The number of alkyl halides is 3. The van der Waals surface area contributed by atoms with Crippen molar-refractivity contribution in [2.24, 2.45) is 11.8 Å². The molecule has 3 N–H and O–H groups in total. The Hall–Kier alpha value is -3.08. The Balaban J connectivity index is 1.63. The number of nitrogens with zero attached hydrogens (tertiary/aromatic N) is 2. The van der Waals surface area contributed by atoms with Crippen LogP contribution in [0.15, 0.2) is 24.5 Å². The van der Waals surface area contributed by atoms with Gasteiger partial charge in [-0.25, -0.2) is 9.97 Å². The number of anilines is 1. The summed E-state index contributed by atoms with van der Waals surface area (Å²) in [7, 11) is 1.33. The Morgan fingerprint density at radius 1 is 1.20 bits per heavy atom. The number of aromatic nitrogens is 2. The third kappa shape index (κ3) is 6.74. The van der Waals surface area contributed by atoms with Crippen molar-refractivity contribution in [3.05, 3.63) is 46.4 Å². The number of amides is 1. The number of nitrogens with one attached hydrogen (secondary N) is 2. The molecule has 0 aliphatic heterocycles. The van der Waals surface area contributed by atoms with Gasteiger partial charge in [0, 0.05) is 18.3 Å². The summed E-state index contributed by atoms with van der Waals surface area (Å²) >= 11 is 6.29. The molecule has 2 heterocycles. The summed E-state index contributed by atoms with van der Waals surface area (Å²) in [5.41, 5.74) is -0.607. The molecular formula is C23H26ClF3N4O4. The lowest BCUT2D eigenvalue weighted by Gasteiger charge is -2.26. The molecule has 0 aromatic carbocycles. The zero-order chi connectivity index (χ0) is 25.8. The number of halogens is 4. The molecule has 0 saturated heterocycles. The number of pyridine rings is 2. The standard InChI is InChI=1S/C23H26ClF3N4O4/c1-12(16-8-19(23(25,26)27)28-11-18(16)35-2)31-20-17(24)7-15(10-29-20)21(32)30-9-13-3-5-14(6-4-13)22(33)34/h7-8,10-14H,3-6,9H2,1-2H3,(H,29,31)(H,30,32)(H,33,34)/t12-,13?,14?/m0/s1. The molecule has 2 aromatic heterocycles. The predicted molar refractivity (Wildman–Crippen MR) is 122 cm³/mol. The van der Waals surface area contributed by atoms with Gasteiger partial charge in [0.15, 0.2) is 0 Å². The molecule has 1 saturated carbocycles. The van der Waals surface area contributed by atoms with E-state index in [-0.39, 0.29) is 45.5 Å². The third-order valence-corrected chi connectivity index (χ3v) is 6.37. The average molecular weight is 515 g/mol. The Bertz CT molecular complexity index is 1080. The Kier molecular flexibility index (Phi) is 8.42. The van der Waals surface area contributed by atoms with Crippen molar-refractivity contribution in [3.8, 4) is 5.75 Å². The lowest BCUT2D eigenvalue weighted by atomic mass is 9.82. The maximum absolute atomic E-state index is 13.1. The zero-order valence-corrected chi connectivity index (χ0v) is 19.9. The number of carbonyl (C=O) groups excluding carboxylic acids is 1. The number of carboxylic acids is 1. The smallest absolute Gasteiger partial charge is 0.433 e. The van der Waals surface area contributed by atoms with E-state index in [1.54, 1.807) is 6.92 Å². The van der Waals surface area contributed by atoms with Crippen molar-refractivity contribution in [2.75, 3.05) is 19.0 Å². The van der Waals surface area contributed by atoms with Crippen LogP contribution in [0.3, 0.4) is 0 Å². The molecule has 0 unspecified atom stereocenters. The van der Waals surface area contributed by atoms with Crippen LogP contribution in [0, 0.1) is 11.8 Å². The molecule has 8 nitrogen and oxygen atoms in total. The van der Waals surface area contributed by atoms with Gasteiger partial charge in [0.05, 0.1) is 35.9 Å². The summed E-state index contributed by atoms with van der Waals surface area (Å²) in [6.45, 7) is 2.04. The van der Waals surface area contributed by atoms with Gasteiger partial charge in [-0.15, -0.1) is 0 Å². The lowest BCUT2D eigenvalue weighted by Crippen LogP contribution is -2.32. The molecule has 3 rings (SSSR count). The monoisotopic (exact) mass is 514 g/mol. The van der Waals surface area contributed by atoms with Gasteiger partial charge in [-0.1, -0.05) is 11.6 Å². The molecule has 1 amide bonds. The second-order valence-corrected chi connectivity index (χ2v) is 8.90. The molecular weight excluding hydrogens is 489 g/mol. The van der Waals surface area contributed by atoms with Crippen LogP contribution in [-0.2, 0) is 11.0 Å². The minimum Gasteiger partial charge on any atom is -0.495 e. The minimum atomic E-state index is -4.61. The van der Waals surface area contributed by atoms with Crippen LogP contribution in [0.5, 0.6) is 5.75 Å². The van der Waals surface area contributed by atoms with Crippen molar-refractivity contribution in [1.82, 2.24) is 15.3 Å². The van der Waals surface area contributed by atoms with Gasteiger partial charge in [0.25, 0.3) is 5.91 Å². The van der Waals surface area contributed by atoms with E-state index in [9.17, 15) is 22.8 Å². The van der Waals surface area contributed by atoms with Gasteiger partial charge in [0.2, 0.25) is 0 Å². The van der Waals surface area contributed by atoms with Crippen LogP contribution in [0.1, 0.15) is 60.3 Å².